The summed E-state index contributed by atoms with van der Waals surface area (Å²) in [5, 5.41) is 3.50. The van der Waals surface area contributed by atoms with Crippen molar-refractivity contribution < 1.29 is 14.3 Å². The summed E-state index contributed by atoms with van der Waals surface area (Å²) in [5.41, 5.74) is 3.57. The lowest BCUT2D eigenvalue weighted by Crippen LogP contribution is -2.34. The van der Waals surface area contributed by atoms with Gasteiger partial charge in [0.1, 0.15) is 6.17 Å². The van der Waals surface area contributed by atoms with Crippen molar-refractivity contribution in [1.82, 2.24) is 10.3 Å². The second-order valence-corrected chi connectivity index (χ2v) is 7.13. The lowest BCUT2D eigenvalue weighted by Gasteiger charge is -2.33. The van der Waals surface area contributed by atoms with Gasteiger partial charge in [-0.3, -0.25) is 20.0 Å². The molecule has 136 valence electrons. The first kappa shape index (κ1) is 16.8. The van der Waals surface area contributed by atoms with Gasteiger partial charge in [0.25, 0.3) is 0 Å². The number of benzene rings is 1. The zero-order valence-corrected chi connectivity index (χ0v) is 15.4. The zero-order valence-electron chi connectivity index (χ0n) is 15.4. The van der Waals surface area contributed by atoms with Crippen molar-refractivity contribution >= 4 is 11.6 Å². The predicted octanol–water partition coefficient (Wildman–Crippen LogP) is 3.13. The van der Waals surface area contributed by atoms with Gasteiger partial charge in [0, 0.05) is 23.4 Å². The molecule has 2 aliphatic rings. The number of nitrogens with zero attached hydrogens (tertiary/aromatic N) is 2. The molecule has 0 radical (unpaired) electrons. The van der Waals surface area contributed by atoms with Crippen LogP contribution in [-0.2, 0) is 4.79 Å². The Bertz CT molecular complexity index is 865. The Kier molecular flexibility index (Phi) is 4.07. The Morgan fingerprint density at radius 2 is 1.96 bits per heavy atom. The lowest BCUT2D eigenvalue weighted by molar-refractivity contribution is -0.118. The van der Waals surface area contributed by atoms with E-state index in [9.17, 15) is 4.79 Å². The summed E-state index contributed by atoms with van der Waals surface area (Å²) in [7, 11) is 3.21. The molecule has 6 heteroatoms. The van der Waals surface area contributed by atoms with Gasteiger partial charge >= 0.3 is 0 Å². The summed E-state index contributed by atoms with van der Waals surface area (Å²) >= 11 is 0. The average Bonchev–Trinajstić information content (AvgIpc) is 2.97. The number of hydrogen-bond donors (Lipinski definition) is 1. The van der Waals surface area contributed by atoms with Crippen molar-refractivity contribution in [2.75, 3.05) is 19.1 Å². The summed E-state index contributed by atoms with van der Waals surface area (Å²) in [6.45, 7) is 4.26. The number of aromatic nitrogens is 1. The molecular formula is C20H23N3O3. The molecule has 0 unspecified atom stereocenters. The Hall–Kier alpha value is -2.60. The van der Waals surface area contributed by atoms with Crippen LogP contribution < -0.4 is 19.7 Å². The van der Waals surface area contributed by atoms with Gasteiger partial charge < -0.3 is 9.47 Å². The highest BCUT2D eigenvalue weighted by atomic mass is 16.5. The lowest BCUT2D eigenvalue weighted by atomic mass is 9.96. The third-order valence-electron chi connectivity index (χ3n) is 5.01. The summed E-state index contributed by atoms with van der Waals surface area (Å²) in [5.74, 6) is 1.74. The molecule has 0 spiro atoms. The maximum absolute atomic E-state index is 13.2. The Morgan fingerprint density at radius 1 is 1.23 bits per heavy atom. The van der Waals surface area contributed by atoms with E-state index in [2.05, 4.69) is 24.1 Å². The van der Waals surface area contributed by atoms with Gasteiger partial charge in [-0.2, -0.15) is 0 Å². The third-order valence-corrected chi connectivity index (χ3v) is 5.01. The van der Waals surface area contributed by atoms with Crippen LogP contribution in [0.25, 0.3) is 11.3 Å². The van der Waals surface area contributed by atoms with Gasteiger partial charge in [-0.25, -0.2) is 0 Å². The van der Waals surface area contributed by atoms with Crippen molar-refractivity contribution in [3.8, 4) is 22.8 Å². The minimum absolute atomic E-state index is 0.0895. The number of ether oxygens (including phenoxy) is 2. The van der Waals surface area contributed by atoms with Crippen LogP contribution >= 0.6 is 0 Å². The Labute approximate surface area is 153 Å². The topological polar surface area (TPSA) is 63.7 Å². The van der Waals surface area contributed by atoms with Gasteiger partial charge in [0.2, 0.25) is 5.91 Å². The summed E-state index contributed by atoms with van der Waals surface area (Å²) in [6, 6.07) is 7.50. The summed E-state index contributed by atoms with van der Waals surface area (Å²) in [4.78, 5) is 19.6. The second kappa shape index (κ2) is 6.29. The number of pyridine rings is 1. The molecule has 1 aromatic carbocycles. The molecule has 6 nitrogen and oxygen atoms in total. The van der Waals surface area contributed by atoms with Gasteiger partial charge in [0.05, 0.1) is 31.6 Å². The van der Waals surface area contributed by atoms with E-state index in [1.807, 2.05) is 29.2 Å². The highest BCUT2D eigenvalue weighted by Gasteiger charge is 2.45. The third kappa shape index (κ3) is 2.44. The van der Waals surface area contributed by atoms with Crippen LogP contribution in [0.2, 0.25) is 0 Å². The fraction of sp³-hybridized carbons (Fsp3) is 0.400. The number of anilines is 1. The maximum Gasteiger partial charge on any atom is 0.245 e. The number of amides is 1. The molecule has 0 bridgehead atoms. The highest BCUT2D eigenvalue weighted by molar-refractivity contribution is 6.05. The van der Waals surface area contributed by atoms with Crippen molar-refractivity contribution in [3.63, 3.8) is 0 Å². The van der Waals surface area contributed by atoms with Gasteiger partial charge in [-0.05, 0) is 24.5 Å². The van der Waals surface area contributed by atoms with Crippen molar-refractivity contribution in [2.24, 2.45) is 5.92 Å². The molecule has 0 aliphatic carbocycles. The molecule has 2 atom stereocenters. The first-order chi connectivity index (χ1) is 12.5. The molecule has 1 amide bonds. The second-order valence-electron chi connectivity index (χ2n) is 7.13. The normalized spacial score (nSPS) is 20.7. The van der Waals surface area contributed by atoms with Crippen LogP contribution in [0.15, 0.2) is 30.5 Å². The van der Waals surface area contributed by atoms with Gasteiger partial charge in [-0.15, -0.1) is 0 Å². The fourth-order valence-corrected chi connectivity index (χ4v) is 3.88. The van der Waals surface area contributed by atoms with E-state index in [4.69, 9.17) is 9.47 Å². The predicted molar refractivity (Wildman–Crippen MR) is 99.4 cm³/mol. The zero-order chi connectivity index (χ0) is 18.4. The molecular weight excluding hydrogens is 330 g/mol. The number of carbonyl (C=O) groups is 1. The molecule has 1 saturated heterocycles. The standard InChI is InChI=1S/C20H23N3O3/c1-11(2)8-14-20(24)23-15-10-17(26-4)16(25-3)9-13(15)18-12(19(23)22-14)6-5-7-21-18/h5-7,9-11,14,19,22H,8H2,1-4H3/t14-,19+/m0/s1. The van der Waals surface area contributed by atoms with Crippen molar-refractivity contribution in [2.45, 2.75) is 32.5 Å². The Balaban J connectivity index is 1.91. The van der Waals surface area contributed by atoms with Crippen molar-refractivity contribution in [1.29, 1.82) is 0 Å². The summed E-state index contributed by atoms with van der Waals surface area (Å²) < 4.78 is 10.9. The number of carbonyl (C=O) groups excluding carboxylic acids is 1. The average molecular weight is 353 g/mol. The number of nitrogens with one attached hydrogen (secondary N) is 1. The molecule has 3 heterocycles. The first-order valence-corrected chi connectivity index (χ1v) is 8.85. The van der Waals surface area contributed by atoms with E-state index in [1.165, 1.54) is 0 Å². The van der Waals surface area contributed by atoms with E-state index in [-0.39, 0.29) is 18.1 Å². The quantitative estimate of drug-likeness (QED) is 0.915. The number of hydrogen-bond acceptors (Lipinski definition) is 5. The minimum atomic E-state index is -0.208. The fourth-order valence-electron chi connectivity index (χ4n) is 3.88. The van der Waals surface area contributed by atoms with E-state index >= 15 is 0 Å². The number of rotatable bonds is 4. The van der Waals surface area contributed by atoms with Gasteiger partial charge in [0.15, 0.2) is 11.5 Å². The smallest absolute Gasteiger partial charge is 0.245 e. The molecule has 4 rings (SSSR count). The van der Waals surface area contributed by atoms with Crippen LogP contribution in [0.5, 0.6) is 11.5 Å². The maximum atomic E-state index is 13.2. The summed E-state index contributed by atoms with van der Waals surface area (Å²) in [6.07, 6.45) is 2.36. The van der Waals surface area contributed by atoms with E-state index in [1.54, 1.807) is 20.4 Å². The molecule has 1 aromatic heterocycles. The first-order valence-electron chi connectivity index (χ1n) is 8.85. The number of methoxy groups -OCH3 is 2. The number of fused-ring (bicyclic) bond motifs is 6. The molecule has 2 aromatic rings. The van der Waals surface area contributed by atoms with Crippen LogP contribution in [0, 0.1) is 5.92 Å². The van der Waals surface area contributed by atoms with E-state index < -0.39 is 0 Å². The van der Waals surface area contributed by atoms with Crippen molar-refractivity contribution in [3.05, 3.63) is 36.0 Å². The largest absolute Gasteiger partial charge is 0.493 e. The molecule has 1 fully saturated rings. The monoisotopic (exact) mass is 353 g/mol. The molecule has 1 N–H and O–H groups in total. The van der Waals surface area contributed by atoms with E-state index in [0.717, 1.165) is 28.9 Å². The Morgan fingerprint density at radius 3 is 2.65 bits per heavy atom. The van der Waals surface area contributed by atoms with Crippen LogP contribution in [0.4, 0.5) is 5.69 Å². The van der Waals surface area contributed by atoms with Crippen LogP contribution in [0.3, 0.4) is 0 Å². The molecule has 0 saturated carbocycles. The molecule has 26 heavy (non-hydrogen) atoms. The van der Waals surface area contributed by atoms with Crippen LogP contribution in [-0.4, -0.2) is 31.2 Å². The van der Waals surface area contributed by atoms with Crippen LogP contribution in [0.1, 0.15) is 32.0 Å². The molecule has 2 aliphatic heterocycles. The van der Waals surface area contributed by atoms with Gasteiger partial charge in [-0.1, -0.05) is 19.9 Å². The minimum Gasteiger partial charge on any atom is -0.493 e. The van der Waals surface area contributed by atoms with E-state index in [0.29, 0.717) is 17.4 Å². The highest BCUT2D eigenvalue weighted by Crippen LogP contribution is 2.49. The SMILES string of the molecule is COc1cc2c(cc1OC)N1C(=O)[C@H](CC(C)C)N[C@H]1c1cccnc1-2.